The zero-order valence-corrected chi connectivity index (χ0v) is 14.5. The highest BCUT2D eigenvalue weighted by molar-refractivity contribution is 5.55. The number of ether oxygens (including phenoxy) is 2. The van der Waals surface area contributed by atoms with Crippen molar-refractivity contribution < 1.29 is 22.8 Å². The first-order chi connectivity index (χ1) is 12.7. The minimum absolute atomic E-state index is 0.0579. The first-order valence-electron chi connectivity index (χ1n) is 9.14. The Morgan fingerprint density at radius 3 is 2.42 bits per heavy atom. The summed E-state index contributed by atoms with van der Waals surface area (Å²) in [6.45, 7) is 1.44. The number of hydrogen-bond acceptors (Lipinski definition) is 5. The molecule has 1 saturated carbocycles. The highest BCUT2D eigenvalue weighted by Gasteiger charge is 2.48. The molecule has 0 spiro atoms. The molecule has 1 aliphatic carbocycles. The van der Waals surface area contributed by atoms with E-state index in [1.165, 1.54) is 0 Å². The van der Waals surface area contributed by atoms with E-state index in [2.05, 4.69) is 10.1 Å². The van der Waals surface area contributed by atoms with Gasteiger partial charge in [0.2, 0.25) is 11.7 Å². The van der Waals surface area contributed by atoms with Crippen molar-refractivity contribution in [2.45, 2.75) is 56.5 Å². The summed E-state index contributed by atoms with van der Waals surface area (Å²) in [7, 11) is 0. The molecule has 0 radical (unpaired) electrons. The zero-order valence-electron chi connectivity index (χ0n) is 14.5. The van der Waals surface area contributed by atoms with Crippen molar-refractivity contribution in [1.29, 1.82) is 0 Å². The molecule has 140 valence electrons. The average Bonchev–Trinajstić information content (AvgIpc) is 3.34. The predicted octanol–water partition coefficient (Wildman–Crippen LogP) is 4.37. The Labute approximate surface area is 150 Å². The summed E-state index contributed by atoms with van der Waals surface area (Å²) in [4.78, 5) is 4.29. The fraction of sp³-hybridized carbons (Fsp3) is 0.579. The summed E-state index contributed by atoms with van der Waals surface area (Å²) in [5, 5.41) is 3.93. The third-order valence-electron chi connectivity index (χ3n) is 5.35. The van der Waals surface area contributed by atoms with Crippen molar-refractivity contribution >= 4 is 0 Å². The van der Waals surface area contributed by atoms with Crippen LogP contribution in [0, 0.1) is 0 Å². The van der Waals surface area contributed by atoms with Crippen molar-refractivity contribution in [3.05, 3.63) is 30.2 Å². The third kappa shape index (κ3) is 3.32. The Balaban J connectivity index is 1.49. The minimum Gasteiger partial charge on any atom is -0.490 e. The second-order valence-electron chi connectivity index (χ2n) is 7.04. The number of nitrogens with zero attached hydrogens (tertiary/aromatic N) is 2. The average molecular weight is 364 g/mol. The third-order valence-corrected chi connectivity index (χ3v) is 5.35. The van der Waals surface area contributed by atoms with Gasteiger partial charge in [-0.25, -0.2) is 8.78 Å². The van der Waals surface area contributed by atoms with Gasteiger partial charge in [-0.3, -0.25) is 0 Å². The molecule has 26 heavy (non-hydrogen) atoms. The van der Waals surface area contributed by atoms with Crippen molar-refractivity contribution in [1.82, 2.24) is 10.1 Å². The number of hydrogen-bond donors (Lipinski definition) is 0. The lowest BCUT2D eigenvalue weighted by atomic mass is 9.86. The lowest BCUT2D eigenvalue weighted by Gasteiger charge is -2.23. The molecule has 1 aliphatic heterocycles. The lowest BCUT2D eigenvalue weighted by molar-refractivity contribution is 0.0255. The Hall–Kier alpha value is -2.02. The topological polar surface area (TPSA) is 57.4 Å². The van der Waals surface area contributed by atoms with E-state index in [1.54, 1.807) is 0 Å². The first kappa shape index (κ1) is 17.4. The molecular formula is C19H22F2N2O3. The number of benzene rings is 1. The second-order valence-corrected chi connectivity index (χ2v) is 7.04. The monoisotopic (exact) mass is 364 g/mol. The van der Waals surface area contributed by atoms with Crippen LogP contribution in [0.4, 0.5) is 8.78 Å². The first-order valence-corrected chi connectivity index (χ1v) is 9.14. The number of aromatic nitrogens is 2. The predicted molar refractivity (Wildman–Crippen MR) is 90.4 cm³/mol. The van der Waals surface area contributed by atoms with Gasteiger partial charge in [0.25, 0.3) is 6.43 Å². The van der Waals surface area contributed by atoms with Gasteiger partial charge in [-0.2, -0.15) is 4.98 Å². The number of alkyl halides is 2. The van der Waals surface area contributed by atoms with Crippen LogP contribution in [0.2, 0.25) is 0 Å². The molecule has 0 amide bonds. The van der Waals surface area contributed by atoms with Gasteiger partial charge in [0.15, 0.2) is 0 Å². The van der Waals surface area contributed by atoms with Crippen LogP contribution in [0.3, 0.4) is 0 Å². The van der Waals surface area contributed by atoms with E-state index < -0.39 is 11.8 Å². The maximum Gasteiger partial charge on any atom is 0.252 e. The molecule has 1 aromatic carbocycles. The number of halogens is 2. The second kappa shape index (κ2) is 7.31. The summed E-state index contributed by atoms with van der Waals surface area (Å²) in [6, 6.07) is 7.35. The van der Waals surface area contributed by atoms with Crippen molar-refractivity contribution in [3.63, 3.8) is 0 Å². The van der Waals surface area contributed by atoms with Crippen molar-refractivity contribution in [3.8, 4) is 17.1 Å². The molecule has 1 aromatic heterocycles. The van der Waals surface area contributed by atoms with E-state index in [-0.39, 0.29) is 12.0 Å². The van der Waals surface area contributed by atoms with Crippen LogP contribution in [0.25, 0.3) is 11.4 Å². The molecule has 0 bridgehead atoms. The quantitative estimate of drug-likeness (QED) is 0.788. The molecule has 0 atom stereocenters. The van der Waals surface area contributed by atoms with Crippen molar-refractivity contribution in [2.75, 3.05) is 13.2 Å². The van der Waals surface area contributed by atoms with Gasteiger partial charge in [0.1, 0.15) is 17.3 Å². The summed E-state index contributed by atoms with van der Waals surface area (Å²) >= 11 is 0. The molecule has 2 aromatic rings. The van der Waals surface area contributed by atoms with Gasteiger partial charge in [0.05, 0.1) is 13.2 Å². The largest absolute Gasteiger partial charge is 0.490 e. The van der Waals surface area contributed by atoms with E-state index in [0.29, 0.717) is 18.7 Å². The maximum absolute atomic E-state index is 13.6. The number of rotatable bonds is 5. The minimum atomic E-state index is -2.49. The highest BCUT2D eigenvalue weighted by atomic mass is 19.3. The summed E-state index contributed by atoms with van der Waals surface area (Å²) in [6.07, 6.45) is 1.75. The molecule has 5 nitrogen and oxygen atoms in total. The standard InChI is InChI=1S/C19H22F2N2O3/c20-17(21)19(9-1-2-10-19)18-22-16(23-26-18)13-3-5-14(6-4-13)25-15-7-11-24-12-8-15/h3-6,15,17H,1-2,7-12H2. The van der Waals surface area contributed by atoms with Crippen LogP contribution in [-0.4, -0.2) is 35.9 Å². The molecule has 7 heteroatoms. The summed E-state index contributed by atoms with van der Waals surface area (Å²) in [5.41, 5.74) is -0.557. The van der Waals surface area contributed by atoms with Crippen molar-refractivity contribution in [2.24, 2.45) is 0 Å². The molecule has 2 fully saturated rings. The molecule has 1 saturated heterocycles. The highest BCUT2D eigenvalue weighted by Crippen LogP contribution is 2.45. The van der Waals surface area contributed by atoms with Gasteiger partial charge < -0.3 is 14.0 Å². The lowest BCUT2D eigenvalue weighted by Crippen LogP contribution is -2.31. The smallest absolute Gasteiger partial charge is 0.252 e. The summed E-state index contributed by atoms with van der Waals surface area (Å²) in [5.74, 6) is 1.16. The Kier molecular flexibility index (Phi) is 4.89. The summed E-state index contributed by atoms with van der Waals surface area (Å²) < 4.78 is 43.7. The van der Waals surface area contributed by atoms with E-state index >= 15 is 0 Å². The van der Waals surface area contributed by atoms with Gasteiger partial charge in [-0.05, 0) is 37.1 Å². The molecule has 2 heterocycles. The Morgan fingerprint density at radius 2 is 1.77 bits per heavy atom. The van der Waals surface area contributed by atoms with E-state index in [4.69, 9.17) is 14.0 Å². The van der Waals surface area contributed by atoms with E-state index in [0.717, 1.165) is 50.2 Å². The van der Waals surface area contributed by atoms with Crippen LogP contribution in [0.5, 0.6) is 5.75 Å². The van der Waals surface area contributed by atoms with Crippen LogP contribution >= 0.6 is 0 Å². The van der Waals surface area contributed by atoms with Crippen LogP contribution in [0.15, 0.2) is 28.8 Å². The van der Waals surface area contributed by atoms with E-state index in [9.17, 15) is 8.78 Å². The van der Waals surface area contributed by atoms with Gasteiger partial charge >= 0.3 is 0 Å². The van der Waals surface area contributed by atoms with Gasteiger partial charge in [-0.1, -0.05) is 18.0 Å². The van der Waals surface area contributed by atoms with Crippen LogP contribution in [-0.2, 0) is 10.2 Å². The normalized spacial score (nSPS) is 20.6. The fourth-order valence-electron chi connectivity index (χ4n) is 3.74. The van der Waals surface area contributed by atoms with Crippen LogP contribution < -0.4 is 4.74 Å². The molecule has 2 aliphatic rings. The fourth-order valence-corrected chi connectivity index (χ4v) is 3.74. The molecule has 0 unspecified atom stereocenters. The van der Waals surface area contributed by atoms with Crippen LogP contribution in [0.1, 0.15) is 44.4 Å². The van der Waals surface area contributed by atoms with E-state index in [1.807, 2.05) is 24.3 Å². The zero-order chi connectivity index (χ0) is 18.0. The SMILES string of the molecule is FC(F)C1(c2nc(-c3ccc(OC4CCOCC4)cc3)no2)CCCC1. The maximum atomic E-state index is 13.6. The molecule has 0 N–H and O–H groups in total. The Morgan fingerprint density at radius 1 is 1.08 bits per heavy atom. The molecule has 4 rings (SSSR count). The Bertz CT molecular complexity index is 721. The molecular weight excluding hydrogens is 342 g/mol. The van der Waals surface area contributed by atoms with Gasteiger partial charge in [-0.15, -0.1) is 0 Å². The van der Waals surface area contributed by atoms with Gasteiger partial charge in [0, 0.05) is 18.4 Å².